The van der Waals surface area contributed by atoms with Gasteiger partial charge in [-0.3, -0.25) is 0 Å². The lowest BCUT2D eigenvalue weighted by Gasteiger charge is -2.16. The summed E-state index contributed by atoms with van der Waals surface area (Å²) in [6.45, 7) is 0. The SMILES string of the molecule is OC1CCCC=C1CCl. The molecule has 0 aromatic carbocycles. The molecule has 9 heavy (non-hydrogen) atoms. The molecular formula is C7H11ClO. The molecule has 1 rings (SSSR count). The van der Waals surface area contributed by atoms with E-state index in [-0.39, 0.29) is 6.10 Å². The van der Waals surface area contributed by atoms with E-state index in [2.05, 4.69) is 0 Å². The Morgan fingerprint density at radius 2 is 2.56 bits per heavy atom. The lowest BCUT2D eigenvalue weighted by Crippen LogP contribution is -2.14. The van der Waals surface area contributed by atoms with Gasteiger partial charge in [-0.15, -0.1) is 11.6 Å². The highest BCUT2D eigenvalue weighted by molar-refractivity contribution is 6.19. The number of alkyl halides is 1. The summed E-state index contributed by atoms with van der Waals surface area (Å²) in [6.07, 6.45) is 4.86. The summed E-state index contributed by atoms with van der Waals surface area (Å²) in [4.78, 5) is 0. The summed E-state index contributed by atoms with van der Waals surface area (Å²) in [5, 5.41) is 9.22. The number of aliphatic hydroxyl groups excluding tert-OH is 1. The lowest BCUT2D eigenvalue weighted by atomic mass is 9.98. The standard InChI is InChI=1S/C7H11ClO/c8-5-6-3-1-2-4-7(6)9/h3,7,9H,1-2,4-5H2. The van der Waals surface area contributed by atoms with Gasteiger partial charge in [-0.1, -0.05) is 6.08 Å². The maximum Gasteiger partial charge on any atom is 0.0761 e. The minimum Gasteiger partial charge on any atom is -0.389 e. The molecule has 1 unspecified atom stereocenters. The first kappa shape index (κ1) is 7.10. The maximum atomic E-state index is 9.22. The summed E-state index contributed by atoms with van der Waals surface area (Å²) in [5.41, 5.74) is 1.00. The smallest absolute Gasteiger partial charge is 0.0761 e. The van der Waals surface area contributed by atoms with Crippen LogP contribution in [0.3, 0.4) is 0 Å². The molecule has 1 nitrogen and oxygen atoms in total. The molecule has 0 fully saturated rings. The first-order chi connectivity index (χ1) is 4.34. The Morgan fingerprint density at radius 1 is 1.78 bits per heavy atom. The van der Waals surface area contributed by atoms with Gasteiger partial charge in [0, 0.05) is 5.88 Å². The molecule has 0 radical (unpaired) electrons. The number of hydrogen-bond donors (Lipinski definition) is 1. The average molecular weight is 147 g/mol. The zero-order valence-electron chi connectivity index (χ0n) is 5.31. The highest BCUT2D eigenvalue weighted by Gasteiger charge is 2.12. The number of hydrogen-bond acceptors (Lipinski definition) is 1. The van der Waals surface area contributed by atoms with Crippen LogP contribution in [0.15, 0.2) is 11.6 Å². The molecule has 52 valence electrons. The van der Waals surface area contributed by atoms with Gasteiger partial charge < -0.3 is 5.11 Å². The Hall–Kier alpha value is -0.0100. The molecule has 0 saturated carbocycles. The minimum atomic E-state index is -0.253. The van der Waals surface area contributed by atoms with Crippen molar-refractivity contribution in [3.05, 3.63) is 11.6 Å². The van der Waals surface area contributed by atoms with Gasteiger partial charge in [-0.25, -0.2) is 0 Å². The molecule has 0 saturated heterocycles. The Bertz CT molecular complexity index is 120. The zero-order valence-corrected chi connectivity index (χ0v) is 6.06. The lowest BCUT2D eigenvalue weighted by molar-refractivity contribution is 0.192. The van der Waals surface area contributed by atoms with Crippen molar-refractivity contribution in [2.24, 2.45) is 0 Å². The third kappa shape index (κ3) is 1.70. The van der Waals surface area contributed by atoms with E-state index in [1.54, 1.807) is 0 Å². The molecule has 1 atom stereocenters. The van der Waals surface area contributed by atoms with E-state index in [0.29, 0.717) is 5.88 Å². The molecule has 0 aromatic heterocycles. The topological polar surface area (TPSA) is 20.2 Å². The van der Waals surface area contributed by atoms with Crippen molar-refractivity contribution in [1.29, 1.82) is 0 Å². The number of aliphatic hydroxyl groups is 1. The first-order valence-electron chi connectivity index (χ1n) is 3.27. The van der Waals surface area contributed by atoms with Crippen LogP contribution < -0.4 is 0 Å². The van der Waals surface area contributed by atoms with E-state index in [1.807, 2.05) is 6.08 Å². The zero-order chi connectivity index (χ0) is 6.69. The van der Waals surface area contributed by atoms with Crippen LogP contribution in [0.5, 0.6) is 0 Å². The minimum absolute atomic E-state index is 0.253. The highest BCUT2D eigenvalue weighted by Crippen LogP contribution is 2.18. The average Bonchev–Trinajstić information content (AvgIpc) is 1.89. The van der Waals surface area contributed by atoms with Gasteiger partial charge in [-0.2, -0.15) is 0 Å². The highest BCUT2D eigenvalue weighted by atomic mass is 35.5. The quantitative estimate of drug-likeness (QED) is 0.441. The molecule has 2 heteroatoms. The van der Waals surface area contributed by atoms with Gasteiger partial charge in [0.1, 0.15) is 0 Å². The summed E-state index contributed by atoms with van der Waals surface area (Å²) < 4.78 is 0. The third-order valence-corrected chi connectivity index (χ3v) is 1.98. The normalized spacial score (nSPS) is 27.8. The Morgan fingerprint density at radius 3 is 3.00 bits per heavy atom. The van der Waals surface area contributed by atoms with E-state index in [9.17, 15) is 5.11 Å². The van der Waals surface area contributed by atoms with Crippen molar-refractivity contribution < 1.29 is 5.11 Å². The van der Waals surface area contributed by atoms with Crippen LogP contribution in [0, 0.1) is 0 Å². The van der Waals surface area contributed by atoms with Gasteiger partial charge >= 0.3 is 0 Å². The van der Waals surface area contributed by atoms with Gasteiger partial charge in [0.2, 0.25) is 0 Å². The Balaban J connectivity index is 2.53. The van der Waals surface area contributed by atoms with Crippen LogP contribution in [-0.2, 0) is 0 Å². The van der Waals surface area contributed by atoms with Crippen LogP contribution in [0.25, 0.3) is 0 Å². The van der Waals surface area contributed by atoms with Crippen molar-refractivity contribution in [1.82, 2.24) is 0 Å². The number of halogens is 1. The molecule has 0 aromatic rings. The molecule has 1 aliphatic carbocycles. The fraction of sp³-hybridized carbons (Fsp3) is 0.714. The number of rotatable bonds is 1. The van der Waals surface area contributed by atoms with Crippen LogP contribution in [0.4, 0.5) is 0 Å². The molecule has 0 amide bonds. The summed E-state index contributed by atoms with van der Waals surface area (Å²) in [7, 11) is 0. The molecular weight excluding hydrogens is 136 g/mol. The Kier molecular flexibility index (Phi) is 2.55. The van der Waals surface area contributed by atoms with Crippen LogP contribution >= 0.6 is 11.6 Å². The second kappa shape index (κ2) is 3.23. The van der Waals surface area contributed by atoms with Gasteiger partial charge in [0.15, 0.2) is 0 Å². The molecule has 0 aliphatic heterocycles. The van der Waals surface area contributed by atoms with E-state index in [4.69, 9.17) is 11.6 Å². The summed E-state index contributed by atoms with van der Waals surface area (Å²) in [5.74, 6) is 0.487. The van der Waals surface area contributed by atoms with Gasteiger partial charge in [0.25, 0.3) is 0 Å². The molecule has 1 aliphatic rings. The fourth-order valence-electron chi connectivity index (χ4n) is 1.06. The van der Waals surface area contributed by atoms with Crippen molar-refractivity contribution in [3.63, 3.8) is 0 Å². The van der Waals surface area contributed by atoms with Crippen LogP contribution in [0.1, 0.15) is 19.3 Å². The Labute approximate surface area is 60.3 Å². The van der Waals surface area contributed by atoms with Crippen LogP contribution in [-0.4, -0.2) is 17.1 Å². The molecule has 0 spiro atoms. The second-order valence-electron chi connectivity index (χ2n) is 2.36. The van der Waals surface area contributed by atoms with Crippen molar-refractivity contribution >= 4 is 11.6 Å². The third-order valence-electron chi connectivity index (χ3n) is 1.67. The second-order valence-corrected chi connectivity index (χ2v) is 2.63. The number of allylic oxidation sites excluding steroid dienone is 1. The van der Waals surface area contributed by atoms with Crippen molar-refractivity contribution in [2.45, 2.75) is 25.4 Å². The van der Waals surface area contributed by atoms with Crippen molar-refractivity contribution in [2.75, 3.05) is 5.88 Å². The van der Waals surface area contributed by atoms with Crippen LogP contribution in [0.2, 0.25) is 0 Å². The molecule has 1 N–H and O–H groups in total. The predicted octanol–water partition coefficient (Wildman–Crippen LogP) is 1.70. The first-order valence-corrected chi connectivity index (χ1v) is 3.81. The van der Waals surface area contributed by atoms with E-state index >= 15 is 0 Å². The van der Waals surface area contributed by atoms with E-state index < -0.39 is 0 Å². The van der Waals surface area contributed by atoms with E-state index in [1.165, 1.54) is 0 Å². The molecule has 0 bridgehead atoms. The van der Waals surface area contributed by atoms with Crippen molar-refractivity contribution in [3.8, 4) is 0 Å². The maximum absolute atomic E-state index is 9.22. The van der Waals surface area contributed by atoms with Gasteiger partial charge in [0.05, 0.1) is 6.10 Å². The molecule has 0 heterocycles. The summed E-state index contributed by atoms with van der Waals surface area (Å²) in [6, 6.07) is 0. The van der Waals surface area contributed by atoms with E-state index in [0.717, 1.165) is 24.8 Å². The van der Waals surface area contributed by atoms with Gasteiger partial charge in [-0.05, 0) is 24.8 Å². The summed E-state index contributed by atoms with van der Waals surface area (Å²) >= 11 is 5.55. The largest absolute Gasteiger partial charge is 0.389 e. The fourth-order valence-corrected chi connectivity index (χ4v) is 1.35. The monoisotopic (exact) mass is 146 g/mol. The predicted molar refractivity (Wildman–Crippen MR) is 38.7 cm³/mol.